The molecule has 0 unspecified atom stereocenters. The first kappa shape index (κ1) is 43.0. The summed E-state index contributed by atoms with van der Waals surface area (Å²) < 4.78 is 47.1. The van der Waals surface area contributed by atoms with E-state index in [-0.39, 0.29) is 41.9 Å². The molecule has 0 bridgehead atoms. The van der Waals surface area contributed by atoms with Gasteiger partial charge in [0.1, 0.15) is 17.1 Å². The summed E-state index contributed by atoms with van der Waals surface area (Å²) >= 11 is 6.43. The smallest absolute Gasteiger partial charge is 0.433 e. The van der Waals surface area contributed by atoms with Crippen LogP contribution in [0.15, 0.2) is 67.0 Å². The Hall–Kier alpha value is -5.64. The first-order chi connectivity index (χ1) is 29.6. The zero-order valence-electron chi connectivity index (χ0n) is 34.8. The second-order valence-electron chi connectivity index (χ2n) is 17.1. The number of alkyl halides is 3. The highest BCUT2D eigenvalue weighted by atomic mass is 35.5. The Balaban J connectivity index is 0.818. The minimum Gasteiger partial charge on any atom is -0.494 e. The molecule has 328 valence electrons. The molecule has 2 aromatic carbocycles. The van der Waals surface area contributed by atoms with E-state index >= 15 is 0 Å². The molecule has 62 heavy (non-hydrogen) atoms. The fourth-order valence-corrected chi connectivity index (χ4v) is 9.96. The highest BCUT2D eigenvalue weighted by molar-refractivity contribution is 6.34. The van der Waals surface area contributed by atoms with Crippen molar-refractivity contribution in [3.05, 3.63) is 89.0 Å². The van der Waals surface area contributed by atoms with Gasteiger partial charge in [0.05, 0.1) is 35.1 Å². The second kappa shape index (κ2) is 17.3. The van der Waals surface area contributed by atoms with Crippen LogP contribution in [0.3, 0.4) is 0 Å². The molecule has 4 fully saturated rings. The molecule has 2 aliphatic carbocycles. The predicted octanol–water partition coefficient (Wildman–Crippen LogP) is 8.85. The van der Waals surface area contributed by atoms with Gasteiger partial charge in [0, 0.05) is 68.1 Å². The van der Waals surface area contributed by atoms with Crippen LogP contribution in [0.1, 0.15) is 103 Å². The van der Waals surface area contributed by atoms with Crippen LogP contribution >= 0.6 is 11.6 Å². The number of pyridine rings is 1. The molecule has 17 heteroatoms. The predicted molar refractivity (Wildman–Crippen MR) is 228 cm³/mol. The summed E-state index contributed by atoms with van der Waals surface area (Å²) in [5, 5.41) is 10.9. The van der Waals surface area contributed by atoms with Gasteiger partial charge in [0.25, 0.3) is 11.8 Å². The lowest BCUT2D eigenvalue weighted by atomic mass is 9.66. The number of nitrogens with one attached hydrogen (secondary N) is 2. The summed E-state index contributed by atoms with van der Waals surface area (Å²) in [6.07, 6.45) is 7.44. The standard InChI is InChI=1S/C45H50ClF3N8O5/c1-27(28-7-10-32(11-8-28)57-26-30-23-36(38(62-3)25-35(30)53-57)51-41(59)34-5-4-6-39(50-34)45(47,48)49)54(2)31-13-16-44(17-14-31)18-21-55(22-19-44)42(60)29-9-12-33(46)37(24-29)56-20-15-40(58)52-43(56)61/h4-6,9,12,23-26,28,31-32H,1,7-8,10-11,13-22H2,2-3H3,(H,51,59)(H,52,58,61). The molecule has 2 aliphatic heterocycles. The van der Waals surface area contributed by atoms with Crippen LogP contribution in [0.2, 0.25) is 5.02 Å². The van der Waals surface area contributed by atoms with Crippen LogP contribution in [-0.2, 0) is 11.0 Å². The lowest BCUT2D eigenvalue weighted by Gasteiger charge is -2.48. The van der Waals surface area contributed by atoms with Gasteiger partial charge in [-0.15, -0.1) is 0 Å². The number of aromatic nitrogens is 3. The largest absolute Gasteiger partial charge is 0.494 e. The Bertz CT molecular complexity index is 2400. The van der Waals surface area contributed by atoms with Crippen molar-refractivity contribution in [3.63, 3.8) is 0 Å². The van der Waals surface area contributed by atoms with Crippen LogP contribution in [0.4, 0.5) is 29.3 Å². The molecule has 0 radical (unpaired) electrons. The van der Waals surface area contributed by atoms with Crippen LogP contribution < -0.4 is 20.3 Å². The number of likely N-dealkylation sites (tertiary alicyclic amines) is 1. The normalized spacial score (nSPS) is 20.9. The molecule has 0 atom stereocenters. The van der Waals surface area contributed by atoms with E-state index in [9.17, 15) is 32.3 Å². The van der Waals surface area contributed by atoms with E-state index in [0.29, 0.717) is 58.3 Å². The number of benzene rings is 2. The average Bonchev–Trinajstić information content (AvgIpc) is 3.69. The van der Waals surface area contributed by atoms with Gasteiger partial charge in [-0.2, -0.15) is 18.3 Å². The van der Waals surface area contributed by atoms with Crippen molar-refractivity contribution in [2.75, 3.05) is 44.0 Å². The third-order valence-corrected chi connectivity index (χ3v) is 13.9. The lowest BCUT2D eigenvalue weighted by molar-refractivity contribution is -0.141. The maximum Gasteiger partial charge on any atom is 0.433 e. The van der Waals surface area contributed by atoms with Gasteiger partial charge >= 0.3 is 12.2 Å². The molecule has 8 rings (SSSR count). The van der Waals surface area contributed by atoms with E-state index in [0.717, 1.165) is 81.7 Å². The Kier molecular flexibility index (Phi) is 12.0. The zero-order chi connectivity index (χ0) is 43.9. The van der Waals surface area contributed by atoms with Crippen molar-refractivity contribution in [3.8, 4) is 5.75 Å². The first-order valence-corrected chi connectivity index (χ1v) is 21.5. The first-order valence-electron chi connectivity index (χ1n) is 21.2. The van der Waals surface area contributed by atoms with Crippen molar-refractivity contribution >= 4 is 57.6 Å². The molecule has 13 nitrogen and oxygen atoms in total. The molecule has 4 heterocycles. The molecular formula is C45H50ClF3N8O5. The van der Waals surface area contributed by atoms with Gasteiger partial charge in [-0.05, 0) is 112 Å². The number of hydrogen-bond donors (Lipinski definition) is 2. The average molecular weight is 875 g/mol. The third-order valence-electron chi connectivity index (χ3n) is 13.6. The zero-order valence-corrected chi connectivity index (χ0v) is 35.5. The molecule has 4 aliphatic rings. The summed E-state index contributed by atoms with van der Waals surface area (Å²) in [6.45, 7) is 6.13. The number of nitrogens with zero attached hydrogens (tertiary/aromatic N) is 6. The fourth-order valence-electron chi connectivity index (χ4n) is 9.74. The maximum atomic E-state index is 13.6. The minimum absolute atomic E-state index is 0.0839. The number of fused-ring (bicyclic) bond motifs is 1. The molecule has 2 saturated heterocycles. The van der Waals surface area contributed by atoms with Crippen molar-refractivity contribution in [1.82, 2.24) is 29.9 Å². The van der Waals surface area contributed by atoms with Crippen molar-refractivity contribution < 1.29 is 37.1 Å². The highest BCUT2D eigenvalue weighted by Crippen LogP contribution is 2.47. The summed E-state index contributed by atoms with van der Waals surface area (Å²) in [5.41, 5.74) is 1.75. The van der Waals surface area contributed by atoms with E-state index in [1.165, 1.54) is 23.8 Å². The number of carbonyl (C=O) groups is 4. The Morgan fingerprint density at radius 1 is 0.984 bits per heavy atom. The molecule has 1 spiro atoms. The number of imide groups is 1. The number of rotatable bonds is 9. The van der Waals surface area contributed by atoms with Crippen LogP contribution in [0.25, 0.3) is 10.9 Å². The van der Waals surface area contributed by atoms with Gasteiger partial charge in [0.2, 0.25) is 5.91 Å². The number of halogens is 4. The monoisotopic (exact) mass is 874 g/mol. The number of urea groups is 1. The van der Waals surface area contributed by atoms with Gasteiger partial charge < -0.3 is 19.9 Å². The number of allylic oxidation sites excluding steroid dienone is 1. The molecular weight excluding hydrogens is 825 g/mol. The number of ether oxygens (including phenoxy) is 1. The number of anilines is 2. The van der Waals surface area contributed by atoms with Crippen molar-refractivity contribution in [2.24, 2.45) is 11.3 Å². The summed E-state index contributed by atoms with van der Waals surface area (Å²) in [7, 11) is 3.63. The van der Waals surface area contributed by atoms with Gasteiger partial charge in [0.15, 0.2) is 0 Å². The molecule has 2 aromatic heterocycles. The summed E-state index contributed by atoms with van der Waals surface area (Å²) in [4.78, 5) is 59.9. The Labute approximate surface area is 362 Å². The minimum atomic E-state index is -4.67. The van der Waals surface area contributed by atoms with Gasteiger partial charge in [-0.3, -0.25) is 29.3 Å². The number of amides is 5. The van der Waals surface area contributed by atoms with Gasteiger partial charge in [-0.1, -0.05) is 24.2 Å². The molecule has 4 aromatic rings. The summed E-state index contributed by atoms with van der Waals surface area (Å²) in [6, 6.07) is 11.6. The van der Waals surface area contributed by atoms with Crippen LogP contribution in [0, 0.1) is 11.3 Å². The Morgan fingerprint density at radius 2 is 1.71 bits per heavy atom. The maximum absolute atomic E-state index is 13.6. The molecule has 2 saturated carbocycles. The highest BCUT2D eigenvalue weighted by Gasteiger charge is 2.41. The van der Waals surface area contributed by atoms with Crippen LogP contribution in [-0.4, -0.2) is 88.2 Å². The number of piperidine rings is 1. The van der Waals surface area contributed by atoms with E-state index in [1.807, 2.05) is 15.8 Å². The van der Waals surface area contributed by atoms with Crippen molar-refractivity contribution in [2.45, 2.75) is 88.9 Å². The number of methoxy groups -OCH3 is 1. The van der Waals surface area contributed by atoms with E-state index in [4.69, 9.17) is 21.4 Å². The topological polar surface area (TPSA) is 142 Å². The number of hydrogen-bond acceptors (Lipinski definition) is 8. The van der Waals surface area contributed by atoms with E-state index in [2.05, 4.69) is 34.1 Å². The molecule has 5 amide bonds. The van der Waals surface area contributed by atoms with E-state index < -0.39 is 23.8 Å². The summed E-state index contributed by atoms with van der Waals surface area (Å²) in [5.74, 6) is -0.514. The third kappa shape index (κ3) is 8.83. The van der Waals surface area contributed by atoms with Crippen LogP contribution in [0.5, 0.6) is 5.75 Å². The fraction of sp³-hybridized carbons (Fsp3) is 0.467. The van der Waals surface area contributed by atoms with Gasteiger partial charge in [-0.25, -0.2) is 9.78 Å². The Morgan fingerprint density at radius 3 is 2.39 bits per heavy atom. The lowest BCUT2D eigenvalue weighted by Crippen LogP contribution is -2.49. The van der Waals surface area contributed by atoms with E-state index in [1.54, 1.807) is 30.3 Å². The SMILES string of the molecule is C=C(C1CCC(n2cc3cc(NC(=O)c4cccc(C(F)(F)F)n4)c(OC)cc3n2)CC1)N(C)C1CCC2(CC1)CCN(C(=O)c1ccc(Cl)c(N3CCC(=O)NC3=O)c1)CC2. The van der Waals surface area contributed by atoms with Crippen molar-refractivity contribution in [1.29, 1.82) is 0 Å². The number of carbonyl (C=O) groups excluding carboxylic acids is 4. The molecule has 2 N–H and O–H groups in total. The quantitative estimate of drug-likeness (QED) is 0.170. The second-order valence-corrected chi connectivity index (χ2v) is 17.5.